The second-order valence-electron chi connectivity index (χ2n) is 13.0. The number of imidazole rings is 1. The van der Waals surface area contributed by atoms with E-state index in [-0.39, 0.29) is 31.0 Å². The minimum absolute atomic E-state index is 0.0798. The van der Waals surface area contributed by atoms with Crippen LogP contribution in [0.5, 0.6) is 0 Å². The Hall–Kier alpha value is -3.12. The van der Waals surface area contributed by atoms with Gasteiger partial charge in [0.15, 0.2) is 33.3 Å². The molecule has 3 aliphatic rings. The third-order valence-electron chi connectivity index (χ3n) is 8.19. The van der Waals surface area contributed by atoms with Crippen LogP contribution in [-0.2, 0) is 38.3 Å². The van der Waals surface area contributed by atoms with Gasteiger partial charge >= 0.3 is 12.1 Å². The lowest BCUT2D eigenvalue weighted by molar-refractivity contribution is -0.196. The van der Waals surface area contributed by atoms with E-state index in [0.29, 0.717) is 30.7 Å². The number of piperidine rings is 1. The molecular weight excluding hydrogens is 610 g/mol. The molecule has 6 atom stereocenters. The summed E-state index contributed by atoms with van der Waals surface area (Å²) in [6, 6.07) is -0.767. The van der Waals surface area contributed by atoms with Gasteiger partial charge in [-0.2, -0.15) is 0 Å². The van der Waals surface area contributed by atoms with Crippen molar-refractivity contribution >= 4 is 38.9 Å². The summed E-state index contributed by atoms with van der Waals surface area (Å²) in [5.41, 5.74) is 6.22. The molecule has 45 heavy (non-hydrogen) atoms. The Kier molecular flexibility index (Phi) is 9.30. The summed E-state index contributed by atoms with van der Waals surface area (Å²) in [5, 5.41) is 1.93. The molecule has 0 aromatic carbocycles. The average molecular weight is 654 g/mol. The fraction of sp³-hybridized carbons (Fsp3) is 0.750. The highest BCUT2D eigenvalue weighted by molar-refractivity contribution is 7.92. The van der Waals surface area contributed by atoms with Crippen LogP contribution in [0.15, 0.2) is 12.7 Å². The largest absolute Gasteiger partial charge is 0.468 e. The van der Waals surface area contributed by atoms with E-state index in [4.69, 9.17) is 29.4 Å². The van der Waals surface area contributed by atoms with E-state index in [0.717, 1.165) is 0 Å². The van der Waals surface area contributed by atoms with Gasteiger partial charge in [0.05, 0.1) is 30.5 Å². The van der Waals surface area contributed by atoms with E-state index in [1.165, 1.54) is 13.4 Å². The van der Waals surface area contributed by atoms with Gasteiger partial charge in [0, 0.05) is 19.6 Å². The smallest absolute Gasteiger partial charge is 0.407 e. The van der Waals surface area contributed by atoms with Crippen LogP contribution in [0.25, 0.3) is 11.2 Å². The number of nitrogens with two attached hydrogens (primary N) is 1. The van der Waals surface area contributed by atoms with E-state index in [1.807, 2.05) is 4.90 Å². The summed E-state index contributed by atoms with van der Waals surface area (Å²) in [6.45, 7) is 9.80. The summed E-state index contributed by atoms with van der Waals surface area (Å²) < 4.78 is 58.0. The Labute approximate surface area is 262 Å². The van der Waals surface area contributed by atoms with Gasteiger partial charge < -0.3 is 34.7 Å². The van der Waals surface area contributed by atoms with Crippen molar-refractivity contribution in [1.82, 2.24) is 29.7 Å². The van der Waals surface area contributed by atoms with E-state index in [1.54, 1.807) is 45.5 Å². The van der Waals surface area contributed by atoms with Crippen molar-refractivity contribution in [1.29, 1.82) is 0 Å². The SMILES string of the molecule is COC(=O)C1CC(S(=O)(=O)CC[C@H]2O[C@@H](n3cnc4c(N)ncnc43)[C@H]3OC(C)(C)OC23)CCN1CCNC(=O)OC(C)(C)C. The molecule has 0 radical (unpaired) electrons. The summed E-state index contributed by atoms with van der Waals surface area (Å²) in [6.07, 6.45) is 0.559. The first-order valence-corrected chi connectivity index (χ1v) is 16.7. The van der Waals surface area contributed by atoms with Gasteiger partial charge in [-0.25, -0.2) is 28.2 Å². The highest BCUT2D eigenvalue weighted by atomic mass is 32.2. The zero-order valence-electron chi connectivity index (χ0n) is 26.5. The molecular formula is C28H43N7O9S. The molecule has 0 spiro atoms. The number of esters is 1. The number of hydrogen-bond acceptors (Lipinski definition) is 14. The van der Waals surface area contributed by atoms with Crippen LogP contribution >= 0.6 is 0 Å². The quantitative estimate of drug-likeness (QED) is 0.365. The van der Waals surface area contributed by atoms with Gasteiger partial charge in [0.2, 0.25) is 0 Å². The molecule has 2 aromatic heterocycles. The van der Waals surface area contributed by atoms with Crippen LogP contribution < -0.4 is 11.1 Å². The van der Waals surface area contributed by atoms with Crippen molar-refractivity contribution in [3.8, 4) is 0 Å². The highest BCUT2D eigenvalue weighted by Crippen LogP contribution is 2.45. The van der Waals surface area contributed by atoms with Crippen LogP contribution in [0.4, 0.5) is 10.6 Å². The van der Waals surface area contributed by atoms with E-state index in [2.05, 4.69) is 20.3 Å². The molecule has 17 heteroatoms. The van der Waals surface area contributed by atoms with Gasteiger partial charge in [-0.05, 0) is 53.9 Å². The summed E-state index contributed by atoms with van der Waals surface area (Å²) in [4.78, 5) is 39.2. The number of methoxy groups -OCH3 is 1. The third-order valence-corrected chi connectivity index (χ3v) is 10.4. The maximum Gasteiger partial charge on any atom is 0.407 e. The number of fused-ring (bicyclic) bond motifs is 2. The minimum Gasteiger partial charge on any atom is -0.468 e. The third kappa shape index (κ3) is 7.32. The zero-order chi connectivity index (χ0) is 32.7. The normalized spacial score (nSPS) is 28.6. The molecule has 5 rings (SSSR count). The molecule has 3 fully saturated rings. The standard InChI is InChI=1S/C28H43N7O9S/c1-27(2,3)44-26(37)30-9-11-34-10-7-16(13-17(34)25(36)40-6)45(38,39)12-8-18-20-21(43-28(4,5)42-20)24(41-18)35-15-33-19-22(29)31-14-32-23(19)35/h14-18,20-21,24H,7-13H2,1-6H3,(H,30,37)(H2,29,31,32)/t16?,17?,18-,20?,21+,24-/m1/s1. The number of aromatic nitrogens is 4. The van der Waals surface area contributed by atoms with Gasteiger partial charge in [-0.15, -0.1) is 0 Å². The zero-order valence-corrected chi connectivity index (χ0v) is 27.3. The maximum atomic E-state index is 13.7. The Morgan fingerprint density at radius 3 is 2.62 bits per heavy atom. The number of ether oxygens (including phenoxy) is 5. The fourth-order valence-corrected chi connectivity index (χ4v) is 8.03. The number of hydrogen-bond donors (Lipinski definition) is 2. The molecule has 3 saturated heterocycles. The average Bonchev–Trinajstić information content (AvgIpc) is 3.62. The maximum absolute atomic E-state index is 13.7. The van der Waals surface area contributed by atoms with Gasteiger partial charge in [0.1, 0.15) is 35.7 Å². The number of nitrogens with one attached hydrogen (secondary N) is 1. The Balaban J connectivity index is 1.23. The van der Waals surface area contributed by atoms with E-state index < -0.39 is 69.1 Å². The Bertz CT molecular complexity index is 1510. The van der Waals surface area contributed by atoms with E-state index in [9.17, 15) is 18.0 Å². The first kappa shape index (κ1) is 33.2. The van der Waals surface area contributed by atoms with Crippen molar-refractivity contribution in [2.75, 3.05) is 38.2 Å². The number of sulfone groups is 1. The number of carbonyl (C=O) groups is 2. The summed E-state index contributed by atoms with van der Waals surface area (Å²) in [5.74, 6) is -1.36. The number of nitrogen functional groups attached to an aromatic ring is 1. The number of nitrogens with zero attached hydrogens (tertiary/aromatic N) is 5. The van der Waals surface area contributed by atoms with Crippen molar-refractivity contribution in [2.24, 2.45) is 0 Å². The van der Waals surface area contributed by atoms with Crippen molar-refractivity contribution in [3.05, 3.63) is 12.7 Å². The van der Waals surface area contributed by atoms with Crippen LogP contribution in [0.2, 0.25) is 0 Å². The molecule has 250 valence electrons. The lowest BCUT2D eigenvalue weighted by atomic mass is 10.0. The summed E-state index contributed by atoms with van der Waals surface area (Å²) in [7, 11) is -2.37. The van der Waals surface area contributed by atoms with Gasteiger partial charge in [-0.1, -0.05) is 0 Å². The second-order valence-corrected chi connectivity index (χ2v) is 15.4. The molecule has 3 N–H and O–H groups in total. The number of amides is 1. The number of likely N-dealkylation sites (tertiary alicyclic amines) is 1. The Morgan fingerprint density at radius 2 is 1.91 bits per heavy atom. The molecule has 1 amide bonds. The lowest BCUT2D eigenvalue weighted by Crippen LogP contribution is -2.53. The molecule has 5 heterocycles. The second kappa shape index (κ2) is 12.6. The molecule has 16 nitrogen and oxygen atoms in total. The number of anilines is 1. The van der Waals surface area contributed by atoms with E-state index >= 15 is 0 Å². The van der Waals surface area contributed by atoms with Crippen molar-refractivity contribution in [2.45, 2.75) is 101 Å². The monoisotopic (exact) mass is 653 g/mol. The summed E-state index contributed by atoms with van der Waals surface area (Å²) >= 11 is 0. The molecule has 2 aromatic rings. The van der Waals surface area contributed by atoms with Crippen molar-refractivity contribution in [3.63, 3.8) is 0 Å². The van der Waals surface area contributed by atoms with Crippen LogP contribution in [-0.4, -0.2) is 118 Å². The highest BCUT2D eigenvalue weighted by Gasteiger charge is 2.56. The van der Waals surface area contributed by atoms with Crippen molar-refractivity contribution < 1.29 is 41.7 Å². The predicted octanol–water partition coefficient (Wildman–Crippen LogP) is 1.16. The molecule has 0 saturated carbocycles. The number of alkyl carbamates (subject to hydrolysis) is 1. The molecule has 3 unspecified atom stereocenters. The lowest BCUT2D eigenvalue weighted by Gasteiger charge is -2.37. The Morgan fingerprint density at radius 1 is 1.18 bits per heavy atom. The topological polar surface area (TPSA) is 199 Å². The van der Waals surface area contributed by atoms with Crippen LogP contribution in [0.1, 0.15) is 60.1 Å². The first-order valence-electron chi connectivity index (χ1n) is 15.0. The number of carbonyl (C=O) groups excluding carboxylic acids is 2. The molecule has 0 bridgehead atoms. The van der Waals surface area contributed by atoms with Gasteiger partial charge in [-0.3, -0.25) is 14.3 Å². The first-order chi connectivity index (χ1) is 21.1. The van der Waals surface area contributed by atoms with Crippen LogP contribution in [0.3, 0.4) is 0 Å². The number of rotatable bonds is 9. The minimum atomic E-state index is -3.65. The van der Waals surface area contributed by atoms with Gasteiger partial charge in [0.25, 0.3) is 0 Å². The molecule has 3 aliphatic heterocycles. The fourth-order valence-electron chi connectivity index (χ4n) is 6.19. The predicted molar refractivity (Wildman–Crippen MR) is 161 cm³/mol. The van der Waals surface area contributed by atoms with Crippen LogP contribution in [0, 0.1) is 0 Å². The molecule has 0 aliphatic carbocycles.